The van der Waals surface area contributed by atoms with Crippen molar-refractivity contribution in [3.63, 3.8) is 0 Å². The lowest BCUT2D eigenvalue weighted by atomic mass is 10.3. The fourth-order valence-corrected chi connectivity index (χ4v) is 3.77. The number of halogens is 1. The highest BCUT2D eigenvalue weighted by Crippen LogP contribution is 2.20. The standard InChI is InChI=1S/C18H18ClN3O4S/c1-26-9-4-8-21-17(24)16-14(7-10-27-16)22(18(21)25)11-15(23)20-13-6-3-2-5-12(13)19/h2-3,5-7,10H,4,8-9,11H2,1H3,(H,20,23). The number of amides is 1. The Labute approximate surface area is 163 Å². The average molecular weight is 408 g/mol. The molecule has 142 valence electrons. The number of nitrogens with zero attached hydrogens (tertiary/aromatic N) is 2. The monoisotopic (exact) mass is 407 g/mol. The molecule has 0 aliphatic rings. The van der Waals surface area contributed by atoms with E-state index in [0.29, 0.717) is 34.0 Å². The molecule has 1 amide bonds. The van der Waals surface area contributed by atoms with Gasteiger partial charge in [-0.15, -0.1) is 11.3 Å². The average Bonchev–Trinajstić information content (AvgIpc) is 3.13. The molecule has 0 aliphatic carbocycles. The van der Waals surface area contributed by atoms with Crippen LogP contribution in [-0.4, -0.2) is 28.8 Å². The molecule has 1 aromatic carbocycles. The van der Waals surface area contributed by atoms with Gasteiger partial charge in [-0.25, -0.2) is 4.79 Å². The topological polar surface area (TPSA) is 82.3 Å². The van der Waals surface area contributed by atoms with Crippen LogP contribution in [0.2, 0.25) is 5.02 Å². The molecular formula is C18H18ClN3O4S. The smallest absolute Gasteiger partial charge is 0.332 e. The van der Waals surface area contributed by atoms with E-state index in [2.05, 4.69) is 5.32 Å². The van der Waals surface area contributed by atoms with Crippen molar-refractivity contribution in [1.82, 2.24) is 9.13 Å². The van der Waals surface area contributed by atoms with Crippen LogP contribution in [0.25, 0.3) is 10.2 Å². The van der Waals surface area contributed by atoms with Crippen molar-refractivity contribution in [1.29, 1.82) is 0 Å². The van der Waals surface area contributed by atoms with E-state index in [9.17, 15) is 14.4 Å². The summed E-state index contributed by atoms with van der Waals surface area (Å²) < 4.78 is 7.90. The summed E-state index contributed by atoms with van der Waals surface area (Å²) in [5.41, 5.74) is 0.0553. The maximum atomic E-state index is 12.8. The Morgan fingerprint density at radius 1 is 1.22 bits per heavy atom. The molecule has 0 aliphatic heterocycles. The normalized spacial score (nSPS) is 11.0. The summed E-state index contributed by atoms with van der Waals surface area (Å²) in [7, 11) is 1.56. The van der Waals surface area contributed by atoms with Crippen LogP contribution in [0.15, 0.2) is 45.3 Å². The van der Waals surface area contributed by atoms with Gasteiger partial charge >= 0.3 is 5.69 Å². The Balaban J connectivity index is 1.94. The predicted octanol–water partition coefficient (Wildman–Crippen LogP) is 2.55. The van der Waals surface area contributed by atoms with E-state index in [1.54, 1.807) is 42.8 Å². The third-order valence-electron chi connectivity index (χ3n) is 4.02. The second kappa shape index (κ2) is 8.51. The molecule has 3 aromatic rings. The first kappa shape index (κ1) is 19.3. The van der Waals surface area contributed by atoms with Crippen molar-refractivity contribution < 1.29 is 9.53 Å². The number of anilines is 1. The molecule has 2 aromatic heterocycles. The van der Waals surface area contributed by atoms with Crippen LogP contribution in [0.5, 0.6) is 0 Å². The van der Waals surface area contributed by atoms with E-state index >= 15 is 0 Å². The molecule has 7 nitrogen and oxygen atoms in total. The number of methoxy groups -OCH3 is 1. The van der Waals surface area contributed by atoms with Crippen LogP contribution in [0.3, 0.4) is 0 Å². The zero-order valence-corrected chi connectivity index (χ0v) is 16.2. The summed E-state index contributed by atoms with van der Waals surface area (Å²) in [5, 5.41) is 4.83. The SMILES string of the molecule is COCCCn1c(=O)c2sccc2n(CC(=O)Nc2ccccc2Cl)c1=O. The number of fused-ring (bicyclic) bond motifs is 1. The molecule has 0 bridgehead atoms. The summed E-state index contributed by atoms with van der Waals surface area (Å²) in [6.45, 7) is 0.439. The molecular weight excluding hydrogens is 390 g/mol. The van der Waals surface area contributed by atoms with Gasteiger partial charge in [0.1, 0.15) is 11.2 Å². The zero-order chi connectivity index (χ0) is 19.4. The number of benzene rings is 1. The van der Waals surface area contributed by atoms with E-state index < -0.39 is 11.6 Å². The summed E-state index contributed by atoms with van der Waals surface area (Å²) >= 11 is 7.30. The lowest BCUT2D eigenvalue weighted by molar-refractivity contribution is -0.116. The van der Waals surface area contributed by atoms with Gasteiger partial charge in [0.2, 0.25) is 5.91 Å². The van der Waals surface area contributed by atoms with Crippen LogP contribution in [0, 0.1) is 0 Å². The Hall–Kier alpha value is -2.42. The molecule has 9 heteroatoms. The minimum atomic E-state index is -0.517. The minimum Gasteiger partial charge on any atom is -0.385 e. The van der Waals surface area contributed by atoms with Gasteiger partial charge in [0, 0.05) is 20.3 Å². The Bertz CT molecular complexity index is 1090. The first-order valence-corrected chi connectivity index (χ1v) is 9.53. The Kier molecular flexibility index (Phi) is 6.10. The Morgan fingerprint density at radius 3 is 2.74 bits per heavy atom. The third-order valence-corrected chi connectivity index (χ3v) is 5.24. The maximum absolute atomic E-state index is 12.8. The van der Waals surface area contributed by atoms with Gasteiger partial charge in [0.25, 0.3) is 5.56 Å². The first-order valence-electron chi connectivity index (χ1n) is 8.27. The Morgan fingerprint density at radius 2 is 2.00 bits per heavy atom. The van der Waals surface area contributed by atoms with Crippen LogP contribution < -0.4 is 16.6 Å². The number of hydrogen-bond acceptors (Lipinski definition) is 5. The van der Waals surface area contributed by atoms with E-state index in [-0.39, 0.29) is 18.6 Å². The van der Waals surface area contributed by atoms with Crippen LogP contribution >= 0.6 is 22.9 Å². The number of thiophene rings is 1. The number of carbonyl (C=O) groups excluding carboxylic acids is 1. The van der Waals surface area contributed by atoms with Crippen LogP contribution in [0.1, 0.15) is 6.42 Å². The van der Waals surface area contributed by atoms with Crippen molar-refractivity contribution in [2.45, 2.75) is 19.5 Å². The molecule has 0 atom stereocenters. The van der Waals surface area contributed by atoms with E-state index in [0.717, 1.165) is 4.57 Å². The van der Waals surface area contributed by atoms with Crippen molar-refractivity contribution >= 4 is 44.7 Å². The fourth-order valence-electron chi connectivity index (χ4n) is 2.75. The van der Waals surface area contributed by atoms with Gasteiger partial charge in [-0.1, -0.05) is 23.7 Å². The number of rotatable bonds is 7. The van der Waals surface area contributed by atoms with E-state index in [4.69, 9.17) is 16.3 Å². The number of aromatic nitrogens is 2. The highest BCUT2D eigenvalue weighted by molar-refractivity contribution is 7.17. The second-order valence-electron chi connectivity index (χ2n) is 5.83. The zero-order valence-electron chi connectivity index (χ0n) is 14.6. The third kappa shape index (κ3) is 4.13. The maximum Gasteiger partial charge on any atom is 0.332 e. The predicted molar refractivity (Wildman–Crippen MR) is 107 cm³/mol. The molecule has 0 radical (unpaired) electrons. The lowest BCUT2D eigenvalue weighted by Crippen LogP contribution is -2.41. The number of nitrogens with one attached hydrogen (secondary N) is 1. The molecule has 1 N–H and O–H groups in total. The molecule has 0 spiro atoms. The molecule has 0 saturated heterocycles. The minimum absolute atomic E-state index is 0.220. The molecule has 27 heavy (non-hydrogen) atoms. The molecule has 0 saturated carbocycles. The summed E-state index contributed by atoms with van der Waals surface area (Å²) in [4.78, 5) is 37.9. The largest absolute Gasteiger partial charge is 0.385 e. The second-order valence-corrected chi connectivity index (χ2v) is 7.16. The first-order chi connectivity index (χ1) is 13.0. The highest BCUT2D eigenvalue weighted by atomic mass is 35.5. The summed E-state index contributed by atoms with van der Waals surface area (Å²) in [6, 6.07) is 8.52. The van der Waals surface area contributed by atoms with Gasteiger partial charge < -0.3 is 10.1 Å². The number of para-hydroxylation sites is 1. The summed E-state index contributed by atoms with van der Waals surface area (Å²) in [5.74, 6) is -0.403. The van der Waals surface area contributed by atoms with Crippen molar-refractivity contribution in [3.05, 3.63) is 61.6 Å². The molecule has 0 fully saturated rings. The fraction of sp³-hybridized carbons (Fsp3) is 0.278. The number of carbonyl (C=O) groups is 1. The van der Waals surface area contributed by atoms with Gasteiger partial charge in [0.05, 0.1) is 16.2 Å². The van der Waals surface area contributed by atoms with Crippen molar-refractivity contribution in [3.8, 4) is 0 Å². The molecule has 0 unspecified atom stereocenters. The quantitative estimate of drug-likeness (QED) is 0.610. The summed E-state index contributed by atoms with van der Waals surface area (Å²) in [6.07, 6.45) is 0.522. The van der Waals surface area contributed by atoms with Gasteiger partial charge in [-0.3, -0.25) is 18.7 Å². The van der Waals surface area contributed by atoms with Gasteiger partial charge in [0.15, 0.2) is 0 Å². The van der Waals surface area contributed by atoms with Gasteiger partial charge in [-0.2, -0.15) is 0 Å². The van der Waals surface area contributed by atoms with Crippen molar-refractivity contribution in [2.24, 2.45) is 0 Å². The highest BCUT2D eigenvalue weighted by Gasteiger charge is 2.16. The lowest BCUT2D eigenvalue weighted by Gasteiger charge is -2.12. The number of ether oxygens (including phenoxy) is 1. The van der Waals surface area contributed by atoms with Crippen LogP contribution in [0.4, 0.5) is 5.69 Å². The van der Waals surface area contributed by atoms with E-state index in [1.165, 1.54) is 15.9 Å². The van der Waals surface area contributed by atoms with Crippen molar-refractivity contribution in [2.75, 3.05) is 19.0 Å². The molecule has 2 heterocycles. The molecule has 3 rings (SSSR count). The number of hydrogen-bond donors (Lipinski definition) is 1. The van der Waals surface area contributed by atoms with E-state index in [1.807, 2.05) is 0 Å². The van der Waals surface area contributed by atoms with Crippen LogP contribution in [-0.2, 0) is 22.6 Å². The van der Waals surface area contributed by atoms with Gasteiger partial charge in [-0.05, 0) is 30.0 Å².